The molecule has 0 aromatic carbocycles. The van der Waals surface area contributed by atoms with Crippen molar-refractivity contribution < 1.29 is 33.1 Å². The smallest absolute Gasteiger partial charge is 0.266 e. The van der Waals surface area contributed by atoms with E-state index in [9.17, 15) is 28.5 Å². The summed E-state index contributed by atoms with van der Waals surface area (Å²) in [5.41, 5.74) is -0.188. The molecule has 0 heterocycles. The van der Waals surface area contributed by atoms with Crippen LogP contribution in [-0.2, 0) is 14.9 Å². The van der Waals surface area contributed by atoms with E-state index in [1.54, 1.807) is 0 Å². The van der Waals surface area contributed by atoms with Crippen LogP contribution in [0, 0.1) is 52.3 Å². The zero-order chi connectivity index (χ0) is 27.3. The molecule has 0 bridgehead atoms. The fraction of sp³-hybridized carbons (Fsp3) is 0.964. The third kappa shape index (κ3) is 5.37. The third-order valence-electron chi connectivity index (χ3n) is 11.6. The summed E-state index contributed by atoms with van der Waals surface area (Å²) in [4.78, 5) is 12.3. The van der Waals surface area contributed by atoms with Crippen LogP contribution in [0.5, 0.6) is 0 Å². The van der Waals surface area contributed by atoms with Gasteiger partial charge in [0.1, 0.15) is 0 Å². The number of aliphatic hydroxyl groups is 3. The molecule has 1 amide bonds. The Labute approximate surface area is 222 Å². The van der Waals surface area contributed by atoms with Crippen molar-refractivity contribution in [2.75, 3.05) is 12.3 Å². The summed E-state index contributed by atoms with van der Waals surface area (Å²) in [6, 6.07) is 0. The molecule has 5 unspecified atom stereocenters. The maximum absolute atomic E-state index is 12.3. The fourth-order valence-electron chi connectivity index (χ4n) is 10.0. The summed E-state index contributed by atoms with van der Waals surface area (Å²) in [5, 5.41) is 36.6. The number of hydrogen-bond donors (Lipinski definition) is 5. The second-order valence-electron chi connectivity index (χ2n) is 13.4. The SMILES string of the molecule is CC[C@H]1C(O)C2C3CC[C@H]([C@H](C)CCC(=O)NCCS(=O)(=O)O)[C@@]3(C)CC(O)C2[C@@]2(C)CC[C@@H](O)C[C@@H]12. The number of amides is 1. The van der Waals surface area contributed by atoms with Crippen LogP contribution < -0.4 is 5.32 Å². The monoisotopic (exact) mass is 543 g/mol. The molecule has 4 aliphatic carbocycles. The third-order valence-corrected chi connectivity index (χ3v) is 12.3. The molecular formula is C28H49NO7S. The van der Waals surface area contributed by atoms with Gasteiger partial charge in [0.05, 0.1) is 24.1 Å². The highest BCUT2D eigenvalue weighted by Gasteiger charge is 2.67. The molecule has 4 aliphatic rings. The molecule has 0 aromatic heterocycles. The van der Waals surface area contributed by atoms with Crippen molar-refractivity contribution in [3.8, 4) is 0 Å². The first-order valence-electron chi connectivity index (χ1n) is 14.5. The average Bonchev–Trinajstić information content (AvgIpc) is 3.14. The Morgan fingerprint density at radius 3 is 2.43 bits per heavy atom. The molecular weight excluding hydrogens is 494 g/mol. The van der Waals surface area contributed by atoms with Crippen LogP contribution in [0.25, 0.3) is 0 Å². The predicted octanol–water partition coefficient (Wildman–Crippen LogP) is 3.00. The second-order valence-corrected chi connectivity index (χ2v) is 15.0. The van der Waals surface area contributed by atoms with Gasteiger partial charge < -0.3 is 20.6 Å². The Morgan fingerprint density at radius 1 is 1.08 bits per heavy atom. The van der Waals surface area contributed by atoms with Crippen LogP contribution in [0.4, 0.5) is 0 Å². The Morgan fingerprint density at radius 2 is 1.78 bits per heavy atom. The van der Waals surface area contributed by atoms with E-state index >= 15 is 0 Å². The molecule has 0 radical (unpaired) electrons. The average molecular weight is 544 g/mol. The molecule has 214 valence electrons. The number of hydrogen-bond acceptors (Lipinski definition) is 6. The lowest BCUT2D eigenvalue weighted by molar-refractivity contribution is -0.235. The van der Waals surface area contributed by atoms with Crippen molar-refractivity contribution in [2.45, 2.75) is 104 Å². The Bertz CT molecular complexity index is 943. The Kier molecular flexibility index (Phi) is 8.44. The van der Waals surface area contributed by atoms with Crippen molar-refractivity contribution in [2.24, 2.45) is 52.3 Å². The number of carbonyl (C=O) groups is 1. The van der Waals surface area contributed by atoms with E-state index in [0.29, 0.717) is 31.1 Å². The standard InChI is InChI=1S/C28H49NO7S/c1-5-18-21-14-17(30)10-11-27(21,3)25-22(31)15-28(4)19(7-8-20(28)24(25)26(18)33)16(2)6-9-23(32)29-12-13-37(34,35)36/h16-22,24-26,30-31,33H,5-15H2,1-4H3,(H,29,32)(H,34,35,36)/t16-,17-,18-,19-,20?,21+,22?,24?,25?,26?,27+,28-/m1/s1. The lowest BCUT2D eigenvalue weighted by Gasteiger charge is -2.66. The van der Waals surface area contributed by atoms with Gasteiger partial charge in [-0.25, -0.2) is 0 Å². The van der Waals surface area contributed by atoms with Crippen LogP contribution in [0.15, 0.2) is 0 Å². The summed E-state index contributed by atoms with van der Waals surface area (Å²) >= 11 is 0. The minimum absolute atomic E-state index is 0.0449. The predicted molar refractivity (Wildman–Crippen MR) is 141 cm³/mol. The second kappa shape index (κ2) is 10.7. The molecule has 5 N–H and O–H groups in total. The van der Waals surface area contributed by atoms with Gasteiger partial charge in [-0.2, -0.15) is 8.42 Å². The Hall–Kier alpha value is -0.740. The molecule has 0 aromatic rings. The zero-order valence-electron chi connectivity index (χ0n) is 23.0. The van der Waals surface area contributed by atoms with Crippen LogP contribution in [-0.4, -0.2) is 64.8 Å². The van der Waals surface area contributed by atoms with Crippen molar-refractivity contribution in [1.29, 1.82) is 0 Å². The summed E-state index contributed by atoms with van der Waals surface area (Å²) in [5.74, 6) is 0.671. The number of carbonyl (C=O) groups excluding carboxylic acids is 1. The van der Waals surface area contributed by atoms with Gasteiger partial charge in [0.25, 0.3) is 10.1 Å². The quantitative estimate of drug-likeness (QED) is 0.296. The lowest BCUT2D eigenvalue weighted by atomic mass is 9.40. The van der Waals surface area contributed by atoms with E-state index in [-0.39, 0.29) is 59.0 Å². The highest BCUT2D eigenvalue weighted by molar-refractivity contribution is 7.85. The zero-order valence-corrected chi connectivity index (χ0v) is 23.8. The summed E-state index contributed by atoms with van der Waals surface area (Å²) in [6.45, 7) is 8.84. The van der Waals surface area contributed by atoms with Crippen molar-refractivity contribution in [3.05, 3.63) is 0 Å². The van der Waals surface area contributed by atoms with E-state index in [2.05, 4.69) is 33.0 Å². The minimum Gasteiger partial charge on any atom is -0.393 e. The van der Waals surface area contributed by atoms with Crippen LogP contribution in [0.1, 0.15) is 85.5 Å². The highest BCUT2D eigenvalue weighted by Crippen LogP contribution is 2.69. The van der Waals surface area contributed by atoms with Gasteiger partial charge in [-0.1, -0.05) is 34.1 Å². The van der Waals surface area contributed by atoms with Gasteiger partial charge in [0.2, 0.25) is 5.91 Å². The van der Waals surface area contributed by atoms with Crippen molar-refractivity contribution in [1.82, 2.24) is 5.32 Å². The van der Waals surface area contributed by atoms with Crippen molar-refractivity contribution >= 4 is 16.0 Å². The molecule has 9 heteroatoms. The first-order valence-corrected chi connectivity index (χ1v) is 16.1. The van der Waals surface area contributed by atoms with Gasteiger partial charge in [-0.3, -0.25) is 9.35 Å². The summed E-state index contributed by atoms with van der Waals surface area (Å²) in [7, 11) is -4.10. The van der Waals surface area contributed by atoms with E-state index < -0.39 is 28.1 Å². The summed E-state index contributed by atoms with van der Waals surface area (Å²) in [6.07, 6.45) is 5.71. The molecule has 4 saturated carbocycles. The maximum atomic E-state index is 12.3. The van der Waals surface area contributed by atoms with Gasteiger partial charge in [0, 0.05) is 13.0 Å². The number of rotatable bonds is 8. The normalized spacial score (nSPS) is 46.4. The topological polar surface area (TPSA) is 144 Å². The molecule has 0 saturated heterocycles. The molecule has 4 fully saturated rings. The molecule has 12 atom stereocenters. The molecule has 4 rings (SSSR count). The van der Waals surface area contributed by atoms with E-state index in [1.807, 2.05) is 0 Å². The van der Waals surface area contributed by atoms with Crippen LogP contribution in [0.2, 0.25) is 0 Å². The maximum Gasteiger partial charge on any atom is 0.266 e. The first kappa shape index (κ1) is 29.2. The lowest BCUT2D eigenvalue weighted by Crippen LogP contribution is -2.65. The molecule has 0 aliphatic heterocycles. The number of nitrogens with one attached hydrogen (secondary N) is 1. The van der Waals surface area contributed by atoms with Crippen LogP contribution >= 0.6 is 0 Å². The van der Waals surface area contributed by atoms with E-state index in [1.165, 1.54) is 0 Å². The molecule has 37 heavy (non-hydrogen) atoms. The van der Waals surface area contributed by atoms with Crippen molar-refractivity contribution in [3.63, 3.8) is 0 Å². The van der Waals surface area contributed by atoms with Gasteiger partial charge in [-0.05, 0) is 97.2 Å². The first-order chi connectivity index (χ1) is 17.2. The van der Waals surface area contributed by atoms with Crippen LogP contribution in [0.3, 0.4) is 0 Å². The molecule has 8 nitrogen and oxygen atoms in total. The molecule has 0 spiro atoms. The minimum atomic E-state index is -4.10. The fourth-order valence-corrected chi connectivity index (χ4v) is 10.4. The Balaban J connectivity index is 1.48. The number of fused-ring (bicyclic) bond motifs is 5. The largest absolute Gasteiger partial charge is 0.393 e. The highest BCUT2D eigenvalue weighted by atomic mass is 32.2. The van der Waals surface area contributed by atoms with Gasteiger partial charge in [0.15, 0.2) is 0 Å². The number of aliphatic hydroxyl groups excluding tert-OH is 3. The van der Waals surface area contributed by atoms with E-state index in [0.717, 1.165) is 38.5 Å². The van der Waals surface area contributed by atoms with Gasteiger partial charge >= 0.3 is 0 Å². The van der Waals surface area contributed by atoms with Gasteiger partial charge in [-0.15, -0.1) is 0 Å². The summed E-state index contributed by atoms with van der Waals surface area (Å²) < 4.78 is 30.6. The van der Waals surface area contributed by atoms with E-state index in [4.69, 9.17) is 4.55 Å².